The molecule has 2 unspecified atom stereocenters. The molecule has 8 rings (SSSR count). The Morgan fingerprint density at radius 3 is 2.30 bits per heavy atom. The van der Waals surface area contributed by atoms with Gasteiger partial charge in [0.05, 0.1) is 40.4 Å². The van der Waals surface area contributed by atoms with E-state index in [-0.39, 0.29) is 55.1 Å². The molecule has 0 saturated carbocycles. The van der Waals surface area contributed by atoms with Crippen LogP contribution in [0.25, 0.3) is 33.4 Å². The predicted molar refractivity (Wildman–Crippen MR) is 238 cm³/mol. The van der Waals surface area contributed by atoms with Gasteiger partial charge in [-0.3, -0.25) is 4.79 Å². The maximum Gasteiger partial charge on any atom is 0.411 e. The van der Waals surface area contributed by atoms with Crippen LogP contribution in [0.2, 0.25) is 0 Å². The Labute approximate surface area is 363 Å². The van der Waals surface area contributed by atoms with Gasteiger partial charge in [0, 0.05) is 57.8 Å². The summed E-state index contributed by atoms with van der Waals surface area (Å²) in [5, 5.41) is 11.3. The van der Waals surface area contributed by atoms with Gasteiger partial charge in [0.2, 0.25) is 5.60 Å². The molecule has 4 aromatic carbocycles. The lowest BCUT2D eigenvalue weighted by Crippen LogP contribution is -2.49. The fourth-order valence-corrected chi connectivity index (χ4v) is 8.04. The van der Waals surface area contributed by atoms with E-state index >= 15 is 0 Å². The van der Waals surface area contributed by atoms with E-state index in [1.165, 1.54) is 16.8 Å². The number of nitrogens with two attached hydrogens (primary N) is 1. The molecule has 6 aromatic rings. The molecule has 0 radical (unpaired) electrons. The van der Waals surface area contributed by atoms with Crippen LogP contribution in [0.4, 0.5) is 21.0 Å². The molecule has 0 spiro atoms. The molecular weight excluding hydrogens is 805 g/mol. The quantitative estimate of drug-likeness (QED) is 0.0734. The zero-order valence-corrected chi connectivity index (χ0v) is 35.9. The topological polar surface area (TPSA) is 179 Å². The van der Waals surface area contributed by atoms with E-state index in [9.17, 15) is 24.3 Å². The van der Waals surface area contributed by atoms with Crippen molar-refractivity contribution in [3.05, 3.63) is 130 Å². The number of fused-ring (bicyclic) bond motifs is 5. The number of nitrogen functional groups attached to an aromatic ring is 1. The van der Waals surface area contributed by atoms with Gasteiger partial charge in [-0.05, 0) is 78.6 Å². The van der Waals surface area contributed by atoms with Crippen LogP contribution in [0.15, 0.2) is 102 Å². The number of aromatic hydroxyl groups is 1. The minimum Gasteiger partial charge on any atom is -0.506 e. The highest BCUT2D eigenvalue weighted by Gasteiger charge is 2.51. The zero-order chi connectivity index (χ0) is 44.7. The Morgan fingerprint density at radius 2 is 1.60 bits per heavy atom. The number of cyclic esters (lactones) is 1. The summed E-state index contributed by atoms with van der Waals surface area (Å²) < 4.78 is 25.0. The molecular formula is C48H48N6O9. The number of ether oxygens (including phenoxy) is 4. The number of hydrogen-bond acceptors (Lipinski definition) is 12. The van der Waals surface area contributed by atoms with Gasteiger partial charge in [-0.15, -0.1) is 0 Å². The lowest BCUT2D eigenvalue weighted by Gasteiger charge is -2.36. The van der Waals surface area contributed by atoms with Gasteiger partial charge in [-0.2, -0.15) is 0 Å². The van der Waals surface area contributed by atoms with E-state index in [1.807, 2.05) is 74.8 Å². The first-order valence-electron chi connectivity index (χ1n) is 20.5. The SMILES string of the molecule is CCC1(OC(=O)N(C)CCN(C)C(=O)OC(C)c2ccc(N)c(Oc3ccc(-c4ccccc4)cc3)c2)C(=O)OCc2c1cc1n(c2=O)Cc2cc3c(N(C)C)c(O)ccc3nc2-1. The summed E-state index contributed by atoms with van der Waals surface area (Å²) in [4.78, 5) is 64.0. The van der Waals surface area contributed by atoms with E-state index in [1.54, 1.807) is 66.8 Å². The van der Waals surface area contributed by atoms with Gasteiger partial charge in [0.15, 0.2) is 5.75 Å². The molecule has 2 aliphatic rings. The Kier molecular flexibility index (Phi) is 11.2. The number of carbonyl (C=O) groups excluding carboxylic acids is 3. The van der Waals surface area contributed by atoms with Crippen LogP contribution in [0.1, 0.15) is 48.6 Å². The molecule has 4 heterocycles. The maximum absolute atomic E-state index is 14.1. The fourth-order valence-electron chi connectivity index (χ4n) is 8.04. The van der Waals surface area contributed by atoms with E-state index in [0.717, 1.165) is 22.1 Å². The second kappa shape index (κ2) is 16.7. The summed E-state index contributed by atoms with van der Waals surface area (Å²) in [6, 6.07) is 29.7. The first-order valence-corrected chi connectivity index (χ1v) is 20.5. The second-order valence-corrected chi connectivity index (χ2v) is 16.0. The average Bonchev–Trinajstić information content (AvgIpc) is 3.64. The number of carbonyl (C=O) groups is 3. The van der Waals surface area contributed by atoms with E-state index in [2.05, 4.69) is 0 Å². The number of amides is 2. The van der Waals surface area contributed by atoms with Gasteiger partial charge < -0.3 is 49.1 Å². The summed E-state index contributed by atoms with van der Waals surface area (Å²) in [6.07, 6.45) is -2.20. The minimum atomic E-state index is -1.93. The van der Waals surface area contributed by atoms with Crippen LogP contribution in [0.3, 0.4) is 0 Å². The average molecular weight is 853 g/mol. The van der Waals surface area contributed by atoms with Crippen LogP contribution in [-0.2, 0) is 37.8 Å². The smallest absolute Gasteiger partial charge is 0.411 e. The van der Waals surface area contributed by atoms with E-state index in [4.69, 9.17) is 29.7 Å². The molecule has 2 amide bonds. The van der Waals surface area contributed by atoms with Crippen molar-refractivity contribution >= 4 is 40.4 Å². The first kappa shape index (κ1) is 42.2. The van der Waals surface area contributed by atoms with Gasteiger partial charge in [0.25, 0.3) is 5.56 Å². The molecule has 2 atom stereocenters. The Morgan fingerprint density at radius 1 is 0.905 bits per heavy atom. The number of likely N-dealkylation sites (N-methyl/N-ethyl adjacent to an activating group) is 2. The number of rotatable bonds is 11. The van der Waals surface area contributed by atoms with Crippen molar-refractivity contribution in [2.45, 2.75) is 45.1 Å². The number of benzene rings is 4. The van der Waals surface area contributed by atoms with Gasteiger partial charge >= 0.3 is 18.2 Å². The standard InChI is InChI=1S/C48H48N6O9/c1-7-48(36-25-39-42-32(26-54(39)44(56)35(36)27-60-45(48)57)23-34-38(50-42)19-20-40(55)43(34)51(3)4)63-47(59)53(6)22-21-52(5)46(58)61-28(2)31-15-18-37(49)41(24-31)62-33-16-13-30(14-17-33)29-11-9-8-10-12-29/h8-20,23-25,28,55H,7,21-22,26-27,49H2,1-6H3. The molecule has 2 aromatic heterocycles. The molecule has 63 heavy (non-hydrogen) atoms. The number of phenols is 1. The number of pyridine rings is 2. The minimum absolute atomic E-state index is 0.0190. The third-order valence-corrected chi connectivity index (χ3v) is 11.7. The number of nitrogens with zero attached hydrogens (tertiary/aromatic N) is 5. The van der Waals surface area contributed by atoms with Crippen LogP contribution in [0, 0.1) is 0 Å². The summed E-state index contributed by atoms with van der Waals surface area (Å²) in [6.45, 7) is 3.41. The predicted octanol–water partition coefficient (Wildman–Crippen LogP) is 7.80. The molecule has 0 saturated heterocycles. The van der Waals surface area contributed by atoms with Crippen molar-refractivity contribution in [1.82, 2.24) is 19.4 Å². The highest BCUT2D eigenvalue weighted by atomic mass is 16.6. The fraction of sp³-hybridized carbons (Fsp3) is 0.271. The van der Waals surface area contributed by atoms with Crippen molar-refractivity contribution < 1.29 is 38.4 Å². The molecule has 324 valence electrons. The molecule has 0 fully saturated rings. The highest BCUT2D eigenvalue weighted by Crippen LogP contribution is 2.43. The largest absolute Gasteiger partial charge is 0.506 e. The van der Waals surface area contributed by atoms with E-state index < -0.39 is 29.9 Å². The summed E-state index contributed by atoms with van der Waals surface area (Å²) in [5.74, 6) is 0.310. The Bertz CT molecular complexity index is 2830. The molecule has 15 nitrogen and oxygen atoms in total. The lowest BCUT2D eigenvalue weighted by molar-refractivity contribution is -0.173. The number of esters is 1. The summed E-state index contributed by atoms with van der Waals surface area (Å²) >= 11 is 0. The number of anilines is 2. The third-order valence-electron chi connectivity index (χ3n) is 11.7. The van der Waals surface area contributed by atoms with Crippen LogP contribution < -0.4 is 20.9 Å². The Hall–Kier alpha value is -7.55. The molecule has 0 aliphatic carbocycles. The third kappa shape index (κ3) is 7.81. The summed E-state index contributed by atoms with van der Waals surface area (Å²) in [5.41, 5.74) is 10.6. The van der Waals surface area contributed by atoms with Crippen LogP contribution in [0.5, 0.6) is 17.2 Å². The normalized spacial score (nSPS) is 15.4. The zero-order valence-electron chi connectivity index (χ0n) is 35.9. The number of hydrogen-bond donors (Lipinski definition) is 2. The van der Waals surface area contributed by atoms with Crippen molar-refractivity contribution in [2.24, 2.45) is 0 Å². The van der Waals surface area contributed by atoms with Crippen molar-refractivity contribution in [3.63, 3.8) is 0 Å². The van der Waals surface area contributed by atoms with Crippen LogP contribution >= 0.6 is 0 Å². The molecule has 0 bridgehead atoms. The highest BCUT2D eigenvalue weighted by molar-refractivity contribution is 5.97. The van der Waals surface area contributed by atoms with Crippen molar-refractivity contribution in [3.8, 4) is 39.8 Å². The Balaban J connectivity index is 0.928. The van der Waals surface area contributed by atoms with Gasteiger partial charge in [0.1, 0.15) is 24.2 Å². The lowest BCUT2D eigenvalue weighted by atomic mass is 9.85. The van der Waals surface area contributed by atoms with Gasteiger partial charge in [-0.1, -0.05) is 55.5 Å². The summed E-state index contributed by atoms with van der Waals surface area (Å²) in [7, 11) is 6.67. The van der Waals surface area contributed by atoms with Crippen molar-refractivity contribution in [1.29, 1.82) is 0 Å². The second-order valence-electron chi connectivity index (χ2n) is 16.0. The van der Waals surface area contributed by atoms with Crippen LogP contribution in [-0.4, -0.2) is 83.9 Å². The first-order chi connectivity index (χ1) is 30.2. The maximum atomic E-state index is 14.1. The van der Waals surface area contributed by atoms with Crippen molar-refractivity contribution in [2.75, 3.05) is 51.9 Å². The number of phenolic OH excluding ortho intramolecular Hbond substituents is 1. The molecule has 3 N–H and O–H groups in total. The van der Waals surface area contributed by atoms with Gasteiger partial charge in [-0.25, -0.2) is 19.4 Å². The van der Waals surface area contributed by atoms with E-state index in [0.29, 0.717) is 45.3 Å². The molecule has 2 aliphatic heterocycles. The monoisotopic (exact) mass is 852 g/mol. The molecule has 15 heteroatoms. The number of aromatic nitrogens is 2.